The normalized spacial score (nSPS) is 10.0. The van der Waals surface area contributed by atoms with Gasteiger partial charge in [-0.1, -0.05) is 6.92 Å². The lowest BCUT2D eigenvalue weighted by Gasteiger charge is -2.09. The summed E-state index contributed by atoms with van der Waals surface area (Å²) in [6.45, 7) is 2.37. The van der Waals surface area contributed by atoms with Crippen molar-refractivity contribution in [1.29, 1.82) is 0 Å². The number of hydrogen-bond acceptors (Lipinski definition) is 6. The summed E-state index contributed by atoms with van der Waals surface area (Å²) in [5.74, 6) is -1.04. The first-order valence-electron chi connectivity index (χ1n) is 8.52. The second kappa shape index (κ2) is 9.96. The van der Waals surface area contributed by atoms with Crippen molar-refractivity contribution in [2.45, 2.75) is 13.3 Å². The Kier molecular flexibility index (Phi) is 7.37. The molecule has 0 aliphatic carbocycles. The minimum absolute atomic E-state index is 0.0539. The van der Waals surface area contributed by atoms with Crippen LogP contribution in [0.2, 0.25) is 0 Å². The van der Waals surface area contributed by atoms with E-state index in [0.29, 0.717) is 29.1 Å². The van der Waals surface area contributed by atoms with Crippen molar-refractivity contribution in [2.75, 3.05) is 30.9 Å². The van der Waals surface area contributed by atoms with Crippen LogP contribution in [0.5, 0.6) is 0 Å². The minimum atomic E-state index is -0.434. The Labute approximate surface area is 157 Å². The Hall–Kier alpha value is -3.35. The van der Waals surface area contributed by atoms with Gasteiger partial charge in [-0.3, -0.25) is 4.79 Å². The van der Waals surface area contributed by atoms with Crippen molar-refractivity contribution in [1.82, 2.24) is 0 Å². The van der Waals surface area contributed by atoms with Gasteiger partial charge in [0.05, 0.1) is 31.4 Å². The molecule has 0 heterocycles. The molecule has 0 aliphatic heterocycles. The molecule has 0 aromatic heterocycles. The van der Waals surface area contributed by atoms with Crippen molar-refractivity contribution >= 4 is 29.2 Å². The zero-order valence-corrected chi connectivity index (χ0v) is 15.3. The van der Waals surface area contributed by atoms with Crippen LogP contribution in [0.1, 0.15) is 34.1 Å². The predicted octanol–water partition coefficient (Wildman–Crippen LogP) is 3.09. The molecule has 0 fully saturated rings. The number of ether oxygens (including phenoxy) is 2. The average Bonchev–Trinajstić information content (AvgIpc) is 2.70. The smallest absolute Gasteiger partial charge is 0.338 e. The molecule has 142 valence electrons. The monoisotopic (exact) mass is 370 g/mol. The van der Waals surface area contributed by atoms with E-state index < -0.39 is 5.97 Å². The number of esters is 2. The number of carbonyl (C=O) groups is 3. The summed E-state index contributed by atoms with van der Waals surface area (Å²) in [5.41, 5.74) is 2.15. The number of anilines is 2. The van der Waals surface area contributed by atoms with Crippen LogP contribution >= 0.6 is 0 Å². The molecular weight excluding hydrogens is 348 g/mol. The van der Waals surface area contributed by atoms with Crippen LogP contribution in [0.25, 0.3) is 0 Å². The molecule has 7 heteroatoms. The molecule has 0 aliphatic rings. The molecule has 2 rings (SSSR count). The zero-order chi connectivity index (χ0) is 19.6. The molecule has 1 amide bonds. The molecule has 2 aromatic rings. The third-order valence-electron chi connectivity index (χ3n) is 3.60. The second-order valence-corrected chi connectivity index (χ2v) is 5.68. The van der Waals surface area contributed by atoms with Crippen LogP contribution in [-0.4, -0.2) is 38.1 Å². The Morgan fingerprint density at radius 1 is 0.852 bits per heavy atom. The Morgan fingerprint density at radius 3 is 1.96 bits per heavy atom. The lowest BCUT2D eigenvalue weighted by atomic mass is 10.2. The number of methoxy groups -OCH3 is 1. The summed E-state index contributed by atoms with van der Waals surface area (Å²) < 4.78 is 9.68. The van der Waals surface area contributed by atoms with Gasteiger partial charge in [0.1, 0.15) is 0 Å². The maximum atomic E-state index is 12.0. The van der Waals surface area contributed by atoms with Crippen molar-refractivity contribution < 1.29 is 23.9 Å². The van der Waals surface area contributed by atoms with Crippen LogP contribution in [0, 0.1) is 0 Å². The largest absolute Gasteiger partial charge is 0.465 e. The third kappa shape index (κ3) is 6.14. The summed E-state index contributed by atoms with van der Waals surface area (Å²) in [6.07, 6.45) is 0.770. The predicted molar refractivity (Wildman–Crippen MR) is 102 cm³/mol. The number of carbonyl (C=O) groups excluding carboxylic acids is 3. The van der Waals surface area contributed by atoms with Gasteiger partial charge >= 0.3 is 11.9 Å². The van der Waals surface area contributed by atoms with Crippen LogP contribution in [0.4, 0.5) is 11.4 Å². The first-order valence-corrected chi connectivity index (χ1v) is 8.52. The first kappa shape index (κ1) is 20.0. The highest BCUT2D eigenvalue weighted by Gasteiger charge is 2.08. The van der Waals surface area contributed by atoms with E-state index in [4.69, 9.17) is 4.74 Å². The van der Waals surface area contributed by atoms with Crippen molar-refractivity contribution in [3.05, 3.63) is 59.7 Å². The van der Waals surface area contributed by atoms with E-state index in [1.807, 2.05) is 6.92 Å². The molecule has 0 radical (unpaired) electrons. The van der Waals surface area contributed by atoms with Gasteiger partial charge in [0, 0.05) is 11.4 Å². The SMILES string of the molecule is CCCOC(=O)c1ccc(NCC(=O)Nc2ccc(C(=O)OC)cc2)cc1. The van der Waals surface area contributed by atoms with Crippen LogP contribution in [0.15, 0.2) is 48.5 Å². The van der Waals surface area contributed by atoms with E-state index in [9.17, 15) is 14.4 Å². The van der Waals surface area contributed by atoms with Crippen LogP contribution in [0.3, 0.4) is 0 Å². The minimum Gasteiger partial charge on any atom is -0.465 e. The van der Waals surface area contributed by atoms with E-state index >= 15 is 0 Å². The topological polar surface area (TPSA) is 93.7 Å². The fraction of sp³-hybridized carbons (Fsp3) is 0.250. The van der Waals surface area contributed by atoms with Gasteiger partial charge in [0.15, 0.2) is 0 Å². The molecule has 7 nitrogen and oxygen atoms in total. The lowest BCUT2D eigenvalue weighted by molar-refractivity contribution is -0.114. The van der Waals surface area contributed by atoms with Gasteiger partial charge in [0.25, 0.3) is 0 Å². The Bertz CT molecular complexity index is 785. The zero-order valence-electron chi connectivity index (χ0n) is 15.3. The van der Waals surface area contributed by atoms with Gasteiger partial charge in [-0.05, 0) is 55.0 Å². The first-order chi connectivity index (χ1) is 13.0. The van der Waals surface area contributed by atoms with E-state index in [-0.39, 0.29) is 18.4 Å². The molecule has 0 spiro atoms. The standard InChI is InChI=1S/C20H22N2O5/c1-3-12-27-20(25)15-4-8-16(9-5-15)21-13-18(23)22-17-10-6-14(7-11-17)19(24)26-2/h4-11,21H,3,12-13H2,1-2H3,(H,22,23). The van der Waals surface area contributed by atoms with E-state index in [1.165, 1.54) is 7.11 Å². The summed E-state index contributed by atoms with van der Waals surface area (Å²) in [6, 6.07) is 13.1. The Morgan fingerprint density at radius 2 is 1.41 bits per heavy atom. The average molecular weight is 370 g/mol. The van der Waals surface area contributed by atoms with E-state index in [2.05, 4.69) is 15.4 Å². The molecule has 27 heavy (non-hydrogen) atoms. The van der Waals surface area contributed by atoms with E-state index in [0.717, 1.165) is 6.42 Å². The van der Waals surface area contributed by atoms with Gasteiger partial charge < -0.3 is 20.1 Å². The fourth-order valence-corrected chi connectivity index (χ4v) is 2.20. The highest BCUT2D eigenvalue weighted by molar-refractivity contribution is 5.95. The van der Waals surface area contributed by atoms with Crippen LogP contribution < -0.4 is 10.6 Å². The molecule has 0 saturated carbocycles. The number of benzene rings is 2. The fourth-order valence-electron chi connectivity index (χ4n) is 2.20. The van der Waals surface area contributed by atoms with Crippen molar-refractivity contribution in [2.24, 2.45) is 0 Å². The summed E-state index contributed by atoms with van der Waals surface area (Å²) in [7, 11) is 1.31. The van der Waals surface area contributed by atoms with Crippen LogP contribution in [-0.2, 0) is 14.3 Å². The Balaban J connectivity index is 1.83. The van der Waals surface area contributed by atoms with Gasteiger partial charge in [-0.2, -0.15) is 0 Å². The molecule has 0 bridgehead atoms. The van der Waals surface area contributed by atoms with Gasteiger partial charge in [-0.25, -0.2) is 9.59 Å². The maximum absolute atomic E-state index is 12.0. The number of nitrogens with one attached hydrogen (secondary N) is 2. The highest BCUT2D eigenvalue weighted by Crippen LogP contribution is 2.12. The van der Waals surface area contributed by atoms with E-state index in [1.54, 1.807) is 48.5 Å². The second-order valence-electron chi connectivity index (χ2n) is 5.68. The molecule has 0 saturated heterocycles. The number of amides is 1. The molecule has 0 atom stereocenters. The highest BCUT2D eigenvalue weighted by atomic mass is 16.5. The molecule has 0 unspecified atom stereocenters. The lowest BCUT2D eigenvalue weighted by Crippen LogP contribution is -2.21. The summed E-state index contributed by atoms with van der Waals surface area (Å²) >= 11 is 0. The quantitative estimate of drug-likeness (QED) is 0.694. The summed E-state index contributed by atoms with van der Waals surface area (Å²) in [4.78, 5) is 35.1. The molecule has 2 aromatic carbocycles. The summed E-state index contributed by atoms with van der Waals surface area (Å²) in [5, 5.41) is 5.70. The van der Waals surface area contributed by atoms with Crippen molar-refractivity contribution in [3.8, 4) is 0 Å². The van der Waals surface area contributed by atoms with Gasteiger partial charge in [-0.15, -0.1) is 0 Å². The van der Waals surface area contributed by atoms with Gasteiger partial charge in [0.2, 0.25) is 5.91 Å². The molecular formula is C20H22N2O5. The number of hydrogen-bond donors (Lipinski definition) is 2. The maximum Gasteiger partial charge on any atom is 0.338 e. The number of rotatable bonds is 8. The third-order valence-corrected chi connectivity index (χ3v) is 3.60. The molecule has 2 N–H and O–H groups in total. The van der Waals surface area contributed by atoms with Crippen molar-refractivity contribution in [3.63, 3.8) is 0 Å².